The van der Waals surface area contributed by atoms with Gasteiger partial charge in [-0.2, -0.15) is 5.01 Å². The summed E-state index contributed by atoms with van der Waals surface area (Å²) >= 11 is 24.1. The van der Waals surface area contributed by atoms with Crippen LogP contribution in [-0.4, -0.2) is 40.1 Å². The van der Waals surface area contributed by atoms with Gasteiger partial charge in [-0.25, -0.2) is 5.01 Å². The first-order chi connectivity index (χ1) is 15.7. The number of benzene rings is 2. The van der Waals surface area contributed by atoms with E-state index < -0.39 is 41.9 Å². The average Bonchev–Trinajstić information content (AvgIpc) is 3.03. The third kappa shape index (κ3) is 4.53. The molecule has 6 nitrogen and oxygen atoms in total. The lowest BCUT2D eigenvalue weighted by atomic mass is 9.85. The molecule has 10 heteroatoms. The molecule has 0 aromatic heterocycles. The maximum atomic E-state index is 13.5. The Morgan fingerprint density at radius 2 is 1.48 bits per heavy atom. The van der Waals surface area contributed by atoms with E-state index in [-0.39, 0.29) is 26.2 Å². The van der Waals surface area contributed by atoms with Crippen LogP contribution in [0.25, 0.3) is 0 Å². The molecule has 1 aliphatic heterocycles. The summed E-state index contributed by atoms with van der Waals surface area (Å²) < 4.78 is 0. The lowest BCUT2D eigenvalue weighted by Crippen LogP contribution is -2.52. The minimum absolute atomic E-state index is 0.0630. The van der Waals surface area contributed by atoms with Gasteiger partial charge >= 0.3 is 0 Å². The molecule has 170 valence electrons. The van der Waals surface area contributed by atoms with Crippen LogP contribution in [0.15, 0.2) is 48.6 Å². The number of fused-ring (bicyclic) bond motifs is 1. The number of carbonyl (C=O) groups is 4. The SMILES string of the molecule is O=C(CN(C(=O)c1ccc(Cl)c(Cl)c1)N1C(=O)[C@H]2CC=CC[C@H]2C1=O)c1ccc(Cl)cc1Cl. The van der Waals surface area contributed by atoms with Crippen LogP contribution in [-0.2, 0) is 9.59 Å². The van der Waals surface area contributed by atoms with Crippen LogP contribution in [0.4, 0.5) is 0 Å². The second kappa shape index (κ2) is 9.47. The standard InChI is InChI=1S/C23H16Cl4N2O4/c24-13-6-7-16(18(26)10-13)20(30)11-28(21(31)12-5-8-17(25)19(27)9-12)29-22(32)14-3-1-2-4-15(14)23(29)33/h1-2,5-10,14-15H,3-4,11H2/t14-,15+. The van der Waals surface area contributed by atoms with Crippen molar-refractivity contribution in [2.75, 3.05) is 6.54 Å². The van der Waals surface area contributed by atoms with Crippen LogP contribution in [0, 0.1) is 11.8 Å². The molecule has 2 atom stereocenters. The molecule has 1 aliphatic carbocycles. The summed E-state index contributed by atoms with van der Waals surface area (Å²) in [7, 11) is 0. The van der Waals surface area contributed by atoms with Crippen molar-refractivity contribution in [1.29, 1.82) is 0 Å². The molecule has 33 heavy (non-hydrogen) atoms. The fourth-order valence-corrected chi connectivity index (χ4v) is 4.78. The zero-order valence-corrected chi connectivity index (χ0v) is 20.0. The van der Waals surface area contributed by atoms with Gasteiger partial charge in [0.25, 0.3) is 17.7 Å². The summed E-state index contributed by atoms with van der Waals surface area (Å²) in [6.45, 7) is -0.592. The second-order valence-electron chi connectivity index (χ2n) is 7.68. The number of amides is 3. The highest BCUT2D eigenvalue weighted by atomic mass is 35.5. The number of hydrogen-bond acceptors (Lipinski definition) is 4. The van der Waals surface area contributed by atoms with E-state index in [4.69, 9.17) is 46.4 Å². The summed E-state index contributed by atoms with van der Waals surface area (Å²) in [4.78, 5) is 52.9. The normalized spacial score (nSPS) is 19.6. The Morgan fingerprint density at radius 1 is 0.848 bits per heavy atom. The van der Waals surface area contributed by atoms with Crippen LogP contribution in [0.1, 0.15) is 33.6 Å². The number of hydrogen-bond donors (Lipinski definition) is 0. The molecule has 4 rings (SSSR count). The Kier molecular flexibility index (Phi) is 6.82. The van der Waals surface area contributed by atoms with Crippen LogP contribution < -0.4 is 0 Å². The highest BCUT2D eigenvalue weighted by molar-refractivity contribution is 6.42. The number of ketones is 1. The van der Waals surface area contributed by atoms with Gasteiger partial charge in [-0.1, -0.05) is 58.6 Å². The van der Waals surface area contributed by atoms with Gasteiger partial charge in [0.05, 0.1) is 26.9 Å². The number of carbonyl (C=O) groups excluding carboxylic acids is 4. The molecule has 0 bridgehead atoms. The van der Waals surface area contributed by atoms with Gasteiger partial charge in [-0.3, -0.25) is 19.2 Å². The third-order valence-corrected chi connectivity index (χ3v) is 6.94. The Morgan fingerprint density at radius 3 is 2.06 bits per heavy atom. The van der Waals surface area contributed by atoms with Crippen molar-refractivity contribution in [3.63, 3.8) is 0 Å². The molecule has 1 saturated heterocycles. The van der Waals surface area contributed by atoms with E-state index in [0.717, 1.165) is 10.0 Å². The van der Waals surface area contributed by atoms with Crippen LogP contribution >= 0.6 is 46.4 Å². The fourth-order valence-electron chi connectivity index (χ4n) is 3.97. The molecule has 2 aromatic carbocycles. The molecule has 3 amide bonds. The molecule has 1 fully saturated rings. The molecule has 0 saturated carbocycles. The monoisotopic (exact) mass is 524 g/mol. The molecule has 2 aliphatic rings. The predicted molar refractivity (Wildman–Crippen MR) is 125 cm³/mol. The molecule has 0 N–H and O–H groups in total. The van der Waals surface area contributed by atoms with Gasteiger partial charge in [0.1, 0.15) is 6.54 Å². The van der Waals surface area contributed by atoms with Gasteiger partial charge in [0, 0.05) is 16.1 Å². The quantitative estimate of drug-likeness (QED) is 0.294. The zero-order valence-electron chi connectivity index (χ0n) is 16.9. The topological polar surface area (TPSA) is 74.8 Å². The highest BCUT2D eigenvalue weighted by Gasteiger charge is 2.51. The Hall–Kier alpha value is -2.38. The van der Waals surface area contributed by atoms with E-state index in [1.807, 2.05) is 12.2 Å². The van der Waals surface area contributed by atoms with E-state index in [2.05, 4.69) is 0 Å². The summed E-state index contributed by atoms with van der Waals surface area (Å²) in [5.41, 5.74) is 0.166. The maximum Gasteiger partial charge on any atom is 0.273 e. The summed E-state index contributed by atoms with van der Waals surface area (Å²) in [5.74, 6) is -3.55. The highest BCUT2D eigenvalue weighted by Crippen LogP contribution is 2.36. The molecule has 2 aromatic rings. The first kappa shape index (κ1) is 23.8. The number of hydrazine groups is 1. The first-order valence-electron chi connectivity index (χ1n) is 9.97. The van der Waals surface area contributed by atoms with Gasteiger partial charge in [-0.05, 0) is 49.2 Å². The van der Waals surface area contributed by atoms with Crippen molar-refractivity contribution in [2.24, 2.45) is 11.8 Å². The number of nitrogens with zero attached hydrogens (tertiary/aromatic N) is 2. The van der Waals surface area contributed by atoms with Crippen molar-refractivity contribution in [3.05, 3.63) is 79.8 Å². The average molecular weight is 526 g/mol. The van der Waals surface area contributed by atoms with E-state index in [0.29, 0.717) is 17.9 Å². The van der Waals surface area contributed by atoms with Crippen LogP contribution in [0.3, 0.4) is 0 Å². The van der Waals surface area contributed by atoms with E-state index >= 15 is 0 Å². The Balaban J connectivity index is 1.72. The number of imide groups is 1. The van der Waals surface area contributed by atoms with E-state index in [1.165, 1.54) is 36.4 Å². The fraction of sp³-hybridized carbons (Fsp3) is 0.217. The van der Waals surface area contributed by atoms with Crippen molar-refractivity contribution in [1.82, 2.24) is 10.0 Å². The molecular formula is C23H16Cl4N2O4. The number of Topliss-reactive ketones (excluding diaryl/α,β-unsaturated/α-hetero) is 1. The molecule has 0 spiro atoms. The lowest BCUT2D eigenvalue weighted by molar-refractivity contribution is -0.154. The van der Waals surface area contributed by atoms with E-state index in [1.54, 1.807) is 0 Å². The summed E-state index contributed by atoms with van der Waals surface area (Å²) in [5, 5.41) is 2.42. The largest absolute Gasteiger partial charge is 0.292 e. The molecule has 0 radical (unpaired) electrons. The molecule has 0 unspecified atom stereocenters. The second-order valence-corrected chi connectivity index (χ2v) is 9.34. The smallest absolute Gasteiger partial charge is 0.273 e. The molecular weight excluding hydrogens is 510 g/mol. The van der Waals surface area contributed by atoms with Crippen LogP contribution in [0.5, 0.6) is 0 Å². The zero-order chi connectivity index (χ0) is 23.9. The predicted octanol–water partition coefficient (Wildman–Crippen LogP) is 5.49. The van der Waals surface area contributed by atoms with Gasteiger partial charge < -0.3 is 0 Å². The van der Waals surface area contributed by atoms with E-state index in [9.17, 15) is 19.2 Å². The third-order valence-electron chi connectivity index (χ3n) is 5.65. The number of halogens is 4. The minimum Gasteiger partial charge on any atom is -0.292 e. The van der Waals surface area contributed by atoms with Gasteiger partial charge in [0.15, 0.2) is 5.78 Å². The number of allylic oxidation sites excluding steroid dienone is 2. The minimum atomic E-state index is -0.750. The van der Waals surface area contributed by atoms with Gasteiger partial charge in [-0.15, -0.1) is 0 Å². The maximum absolute atomic E-state index is 13.5. The Labute approximate surface area is 209 Å². The summed E-state index contributed by atoms with van der Waals surface area (Å²) in [6.07, 6.45) is 4.44. The van der Waals surface area contributed by atoms with Crippen molar-refractivity contribution >= 4 is 69.9 Å². The van der Waals surface area contributed by atoms with Crippen molar-refractivity contribution < 1.29 is 19.2 Å². The first-order valence-corrected chi connectivity index (χ1v) is 11.5. The van der Waals surface area contributed by atoms with Crippen LogP contribution in [0.2, 0.25) is 20.1 Å². The molecule has 1 heterocycles. The number of rotatable bonds is 5. The Bertz CT molecular complexity index is 1190. The van der Waals surface area contributed by atoms with Gasteiger partial charge in [0.2, 0.25) is 0 Å². The summed E-state index contributed by atoms with van der Waals surface area (Å²) in [6, 6.07) is 8.45. The van der Waals surface area contributed by atoms with Crippen molar-refractivity contribution in [3.8, 4) is 0 Å². The van der Waals surface area contributed by atoms with Crippen molar-refractivity contribution in [2.45, 2.75) is 12.8 Å². The lowest BCUT2D eigenvalue weighted by Gasteiger charge is -2.30.